The summed E-state index contributed by atoms with van der Waals surface area (Å²) in [4.78, 5) is 12.5. The van der Waals surface area contributed by atoms with Gasteiger partial charge >= 0.3 is 0 Å². The van der Waals surface area contributed by atoms with Gasteiger partial charge in [0.1, 0.15) is 5.75 Å². The number of carbonyl (C=O) groups excluding carboxylic acids is 1. The van der Waals surface area contributed by atoms with Gasteiger partial charge in [-0.05, 0) is 36.4 Å². The van der Waals surface area contributed by atoms with Crippen LogP contribution in [0.15, 0.2) is 65.6 Å². The molecule has 0 atom stereocenters. The van der Waals surface area contributed by atoms with Gasteiger partial charge in [-0.1, -0.05) is 35.9 Å². The van der Waals surface area contributed by atoms with Crippen molar-refractivity contribution in [1.29, 1.82) is 0 Å². The van der Waals surface area contributed by atoms with E-state index in [1.165, 1.54) is 16.4 Å². The van der Waals surface area contributed by atoms with Gasteiger partial charge in [0, 0.05) is 34.6 Å². The minimum absolute atomic E-state index is 0.177. The molecule has 1 N–H and O–H groups in total. The summed E-state index contributed by atoms with van der Waals surface area (Å²) < 4.78 is 37.6. The van der Waals surface area contributed by atoms with Gasteiger partial charge in [-0.2, -0.15) is 4.31 Å². The van der Waals surface area contributed by atoms with Crippen LogP contribution >= 0.6 is 11.6 Å². The molecule has 162 valence electrons. The molecule has 1 amide bonds. The van der Waals surface area contributed by atoms with Crippen LogP contribution in [0.5, 0.6) is 5.75 Å². The van der Waals surface area contributed by atoms with Crippen molar-refractivity contribution in [3.63, 3.8) is 0 Å². The molecule has 0 aliphatic carbocycles. The standard InChI is InChI=1S/C22H21ClN2O5S/c23-20-9-10-21(19-4-2-1-3-18(19)20)30-15-22(26)24-16-5-7-17(8-6-16)31(27,28)25-11-13-29-14-12-25/h1-10H,11-15H2,(H,24,26). The summed E-state index contributed by atoms with van der Waals surface area (Å²) in [6, 6.07) is 17.0. The smallest absolute Gasteiger partial charge is 0.262 e. The Balaban J connectivity index is 1.39. The SMILES string of the molecule is O=C(COc1ccc(Cl)c2ccccc12)Nc1ccc(S(=O)(=O)N2CCOCC2)cc1. The normalized spacial score (nSPS) is 15.0. The zero-order valence-electron chi connectivity index (χ0n) is 16.6. The average Bonchev–Trinajstić information content (AvgIpc) is 2.80. The van der Waals surface area contributed by atoms with Crippen molar-refractivity contribution in [3.8, 4) is 5.75 Å². The van der Waals surface area contributed by atoms with Crippen LogP contribution in [-0.2, 0) is 19.6 Å². The zero-order chi connectivity index (χ0) is 21.8. The maximum atomic E-state index is 12.7. The fourth-order valence-electron chi connectivity index (χ4n) is 3.35. The number of amides is 1. The molecule has 0 unspecified atom stereocenters. The van der Waals surface area contributed by atoms with Crippen LogP contribution in [0, 0.1) is 0 Å². The van der Waals surface area contributed by atoms with Gasteiger partial charge in [0.25, 0.3) is 5.91 Å². The summed E-state index contributed by atoms with van der Waals surface area (Å²) in [7, 11) is -3.57. The Morgan fingerprint density at radius 1 is 1.00 bits per heavy atom. The van der Waals surface area contributed by atoms with Gasteiger partial charge in [0.15, 0.2) is 6.61 Å². The van der Waals surface area contributed by atoms with E-state index < -0.39 is 10.0 Å². The summed E-state index contributed by atoms with van der Waals surface area (Å²) in [5.74, 6) is 0.199. The molecule has 0 radical (unpaired) electrons. The van der Waals surface area contributed by atoms with Crippen LogP contribution in [0.25, 0.3) is 10.8 Å². The third-order valence-corrected chi connectivity index (χ3v) is 7.18. The summed E-state index contributed by atoms with van der Waals surface area (Å²) in [6.07, 6.45) is 0. The highest BCUT2D eigenvalue weighted by Crippen LogP contribution is 2.31. The van der Waals surface area contributed by atoms with Gasteiger partial charge in [-0.3, -0.25) is 4.79 Å². The number of morpholine rings is 1. The van der Waals surface area contributed by atoms with E-state index >= 15 is 0 Å². The third-order valence-electron chi connectivity index (χ3n) is 4.94. The lowest BCUT2D eigenvalue weighted by Gasteiger charge is -2.26. The van der Waals surface area contributed by atoms with Crippen molar-refractivity contribution in [2.24, 2.45) is 0 Å². The molecule has 0 bridgehead atoms. The van der Waals surface area contributed by atoms with E-state index in [1.807, 2.05) is 24.3 Å². The summed E-state index contributed by atoms with van der Waals surface area (Å²) in [5, 5.41) is 4.99. The first kappa shape index (κ1) is 21.6. The van der Waals surface area contributed by atoms with E-state index in [2.05, 4.69) is 5.32 Å². The maximum absolute atomic E-state index is 12.7. The molecule has 1 aliphatic heterocycles. The van der Waals surface area contributed by atoms with Gasteiger partial charge < -0.3 is 14.8 Å². The highest BCUT2D eigenvalue weighted by atomic mass is 35.5. The molecule has 7 nitrogen and oxygen atoms in total. The predicted molar refractivity (Wildman–Crippen MR) is 119 cm³/mol. The predicted octanol–water partition coefficient (Wildman–Crippen LogP) is 3.53. The maximum Gasteiger partial charge on any atom is 0.262 e. The van der Waals surface area contributed by atoms with Crippen LogP contribution in [-0.4, -0.2) is 51.5 Å². The molecular formula is C22H21ClN2O5S. The van der Waals surface area contributed by atoms with Crippen molar-refractivity contribution >= 4 is 44.0 Å². The number of anilines is 1. The number of carbonyl (C=O) groups is 1. The van der Waals surface area contributed by atoms with Crippen LogP contribution in [0.3, 0.4) is 0 Å². The number of sulfonamides is 1. The molecule has 1 aliphatic rings. The molecule has 9 heteroatoms. The Morgan fingerprint density at radius 2 is 1.68 bits per heavy atom. The van der Waals surface area contributed by atoms with Gasteiger partial charge in [0.05, 0.1) is 18.1 Å². The molecule has 31 heavy (non-hydrogen) atoms. The molecule has 0 aromatic heterocycles. The minimum atomic E-state index is -3.57. The Morgan fingerprint density at radius 3 is 2.39 bits per heavy atom. The van der Waals surface area contributed by atoms with Crippen molar-refractivity contribution in [2.45, 2.75) is 4.90 Å². The number of rotatable bonds is 6. The average molecular weight is 461 g/mol. The van der Waals surface area contributed by atoms with Gasteiger partial charge in [-0.15, -0.1) is 0 Å². The van der Waals surface area contributed by atoms with Gasteiger partial charge in [0.2, 0.25) is 10.0 Å². The first-order valence-electron chi connectivity index (χ1n) is 9.73. The lowest BCUT2D eigenvalue weighted by molar-refractivity contribution is -0.118. The molecule has 3 aromatic rings. The number of halogens is 1. The Hall–Kier alpha value is -2.65. The van der Waals surface area contributed by atoms with Crippen LogP contribution in [0.1, 0.15) is 0 Å². The van der Waals surface area contributed by atoms with Crippen LogP contribution < -0.4 is 10.1 Å². The summed E-state index contributed by atoms with van der Waals surface area (Å²) >= 11 is 6.21. The molecule has 0 saturated carbocycles. The van der Waals surface area contributed by atoms with E-state index in [-0.39, 0.29) is 17.4 Å². The number of hydrogen-bond donors (Lipinski definition) is 1. The zero-order valence-corrected chi connectivity index (χ0v) is 18.2. The first-order valence-corrected chi connectivity index (χ1v) is 11.5. The molecule has 0 spiro atoms. The number of hydrogen-bond acceptors (Lipinski definition) is 5. The van der Waals surface area contributed by atoms with Crippen molar-refractivity contribution < 1.29 is 22.7 Å². The van der Waals surface area contributed by atoms with Crippen molar-refractivity contribution in [3.05, 3.63) is 65.7 Å². The molecule has 1 fully saturated rings. The van der Waals surface area contributed by atoms with Crippen LogP contribution in [0.4, 0.5) is 5.69 Å². The summed E-state index contributed by atoms with van der Waals surface area (Å²) in [5.41, 5.74) is 0.482. The molecule has 3 aromatic carbocycles. The summed E-state index contributed by atoms with van der Waals surface area (Å²) in [6.45, 7) is 1.24. The number of ether oxygens (including phenoxy) is 2. The molecular weight excluding hydrogens is 440 g/mol. The second kappa shape index (κ2) is 9.23. The number of nitrogens with one attached hydrogen (secondary N) is 1. The van der Waals surface area contributed by atoms with E-state index in [0.717, 1.165) is 10.8 Å². The third kappa shape index (κ3) is 4.83. The second-order valence-corrected chi connectivity index (χ2v) is 9.31. The quantitative estimate of drug-likeness (QED) is 0.608. The Labute approximate surface area is 185 Å². The first-order chi connectivity index (χ1) is 14.9. The van der Waals surface area contributed by atoms with E-state index in [0.29, 0.717) is 42.8 Å². The van der Waals surface area contributed by atoms with E-state index in [1.54, 1.807) is 24.3 Å². The monoisotopic (exact) mass is 460 g/mol. The number of fused-ring (bicyclic) bond motifs is 1. The van der Waals surface area contributed by atoms with Crippen molar-refractivity contribution in [1.82, 2.24) is 4.31 Å². The van der Waals surface area contributed by atoms with E-state index in [4.69, 9.17) is 21.1 Å². The van der Waals surface area contributed by atoms with Crippen molar-refractivity contribution in [2.75, 3.05) is 38.2 Å². The number of benzene rings is 3. The topological polar surface area (TPSA) is 84.9 Å². The molecule has 4 rings (SSSR count). The fraction of sp³-hybridized carbons (Fsp3) is 0.227. The fourth-order valence-corrected chi connectivity index (χ4v) is 4.98. The van der Waals surface area contributed by atoms with Gasteiger partial charge in [-0.25, -0.2) is 8.42 Å². The Kier molecular flexibility index (Phi) is 6.43. The number of nitrogens with zero attached hydrogens (tertiary/aromatic N) is 1. The van der Waals surface area contributed by atoms with E-state index in [9.17, 15) is 13.2 Å². The second-order valence-electron chi connectivity index (χ2n) is 6.97. The highest BCUT2D eigenvalue weighted by Gasteiger charge is 2.26. The largest absolute Gasteiger partial charge is 0.483 e. The molecule has 1 heterocycles. The van der Waals surface area contributed by atoms with Crippen LogP contribution in [0.2, 0.25) is 5.02 Å². The lowest BCUT2D eigenvalue weighted by atomic mass is 10.1. The Bertz CT molecular complexity index is 1190. The lowest BCUT2D eigenvalue weighted by Crippen LogP contribution is -2.40. The molecule has 1 saturated heterocycles. The highest BCUT2D eigenvalue weighted by molar-refractivity contribution is 7.89. The minimum Gasteiger partial charge on any atom is -0.483 e.